The standard InChI is InChI=1S/C17H27N3O/c1-4-19(5-2)17(21)12-20-10-6-7-15-11-14(13(3)18)8-9-16(15)20/h8-9,11,13H,4-7,10,12,18H2,1-3H3. The quantitative estimate of drug-likeness (QED) is 0.905. The second-order valence-electron chi connectivity index (χ2n) is 5.77. The van der Waals surface area contributed by atoms with Crippen molar-refractivity contribution in [1.29, 1.82) is 0 Å². The molecule has 0 bridgehead atoms. The smallest absolute Gasteiger partial charge is 0.242 e. The Labute approximate surface area is 127 Å². The highest BCUT2D eigenvalue weighted by Gasteiger charge is 2.21. The number of hydrogen-bond donors (Lipinski definition) is 1. The average Bonchev–Trinajstić information content (AvgIpc) is 2.48. The number of carbonyl (C=O) groups excluding carboxylic acids is 1. The number of benzene rings is 1. The van der Waals surface area contributed by atoms with Crippen molar-refractivity contribution < 1.29 is 4.79 Å². The molecule has 1 aliphatic heterocycles. The molecule has 1 aromatic rings. The first-order valence-electron chi connectivity index (χ1n) is 7.97. The predicted octanol–water partition coefficient (Wildman–Crippen LogP) is 2.33. The lowest BCUT2D eigenvalue weighted by molar-refractivity contribution is -0.129. The van der Waals surface area contributed by atoms with E-state index in [1.807, 2.05) is 25.7 Å². The third-order valence-electron chi connectivity index (χ3n) is 4.29. The Morgan fingerprint density at radius 2 is 2.10 bits per heavy atom. The van der Waals surface area contributed by atoms with E-state index in [1.165, 1.54) is 16.8 Å². The SMILES string of the molecule is CCN(CC)C(=O)CN1CCCc2cc(C(C)N)ccc21. The van der Waals surface area contributed by atoms with Gasteiger partial charge in [-0.3, -0.25) is 4.79 Å². The lowest BCUT2D eigenvalue weighted by atomic mass is 9.97. The van der Waals surface area contributed by atoms with Crippen molar-refractivity contribution in [2.75, 3.05) is 31.1 Å². The summed E-state index contributed by atoms with van der Waals surface area (Å²) >= 11 is 0. The van der Waals surface area contributed by atoms with Crippen LogP contribution < -0.4 is 10.6 Å². The molecule has 116 valence electrons. The highest BCUT2D eigenvalue weighted by molar-refractivity contribution is 5.82. The second kappa shape index (κ2) is 6.94. The van der Waals surface area contributed by atoms with E-state index >= 15 is 0 Å². The van der Waals surface area contributed by atoms with Gasteiger partial charge in [0.1, 0.15) is 0 Å². The molecule has 1 atom stereocenters. The summed E-state index contributed by atoms with van der Waals surface area (Å²) in [5, 5.41) is 0. The molecule has 1 amide bonds. The second-order valence-corrected chi connectivity index (χ2v) is 5.77. The number of likely N-dealkylation sites (N-methyl/N-ethyl adjacent to an activating group) is 1. The van der Waals surface area contributed by atoms with Gasteiger partial charge in [0.25, 0.3) is 0 Å². The highest BCUT2D eigenvalue weighted by Crippen LogP contribution is 2.29. The van der Waals surface area contributed by atoms with Crippen LogP contribution in [-0.2, 0) is 11.2 Å². The van der Waals surface area contributed by atoms with Gasteiger partial charge in [0, 0.05) is 31.4 Å². The molecular weight excluding hydrogens is 262 g/mol. The van der Waals surface area contributed by atoms with Crippen LogP contribution in [0, 0.1) is 0 Å². The van der Waals surface area contributed by atoms with Crippen molar-refractivity contribution in [3.63, 3.8) is 0 Å². The zero-order valence-corrected chi connectivity index (χ0v) is 13.4. The van der Waals surface area contributed by atoms with Crippen LogP contribution in [0.5, 0.6) is 0 Å². The summed E-state index contributed by atoms with van der Waals surface area (Å²) in [6, 6.07) is 6.48. The van der Waals surface area contributed by atoms with Crippen LogP contribution in [0.25, 0.3) is 0 Å². The van der Waals surface area contributed by atoms with Gasteiger partial charge >= 0.3 is 0 Å². The summed E-state index contributed by atoms with van der Waals surface area (Å²) in [5.41, 5.74) is 9.66. The number of nitrogens with two attached hydrogens (primary N) is 1. The Morgan fingerprint density at radius 1 is 1.38 bits per heavy atom. The molecular formula is C17H27N3O. The van der Waals surface area contributed by atoms with E-state index < -0.39 is 0 Å². The first kappa shape index (κ1) is 15.8. The monoisotopic (exact) mass is 289 g/mol. The largest absolute Gasteiger partial charge is 0.362 e. The van der Waals surface area contributed by atoms with Gasteiger partial charge in [-0.05, 0) is 50.8 Å². The molecule has 4 nitrogen and oxygen atoms in total. The molecule has 2 rings (SSSR count). The van der Waals surface area contributed by atoms with Crippen LogP contribution in [0.1, 0.15) is 44.4 Å². The van der Waals surface area contributed by atoms with Crippen molar-refractivity contribution in [3.05, 3.63) is 29.3 Å². The van der Waals surface area contributed by atoms with Gasteiger partial charge in [-0.15, -0.1) is 0 Å². The fourth-order valence-corrected chi connectivity index (χ4v) is 2.98. The van der Waals surface area contributed by atoms with Crippen LogP contribution in [-0.4, -0.2) is 37.0 Å². The van der Waals surface area contributed by atoms with E-state index in [1.54, 1.807) is 0 Å². The first-order valence-corrected chi connectivity index (χ1v) is 7.97. The van der Waals surface area contributed by atoms with Gasteiger partial charge in [-0.1, -0.05) is 12.1 Å². The van der Waals surface area contributed by atoms with E-state index in [4.69, 9.17) is 5.73 Å². The molecule has 0 radical (unpaired) electrons. The van der Waals surface area contributed by atoms with E-state index in [9.17, 15) is 4.79 Å². The molecule has 0 fully saturated rings. The lowest BCUT2D eigenvalue weighted by Gasteiger charge is -2.33. The van der Waals surface area contributed by atoms with Crippen molar-refractivity contribution in [2.45, 2.75) is 39.7 Å². The summed E-state index contributed by atoms with van der Waals surface area (Å²) in [7, 11) is 0. The maximum Gasteiger partial charge on any atom is 0.242 e. The van der Waals surface area contributed by atoms with E-state index in [-0.39, 0.29) is 11.9 Å². The third-order valence-corrected chi connectivity index (χ3v) is 4.29. The zero-order chi connectivity index (χ0) is 15.4. The molecule has 0 spiro atoms. The molecule has 21 heavy (non-hydrogen) atoms. The van der Waals surface area contributed by atoms with Crippen LogP contribution in [0.15, 0.2) is 18.2 Å². The van der Waals surface area contributed by atoms with Gasteiger partial charge in [0.2, 0.25) is 5.91 Å². The van der Waals surface area contributed by atoms with E-state index in [2.05, 4.69) is 23.1 Å². The van der Waals surface area contributed by atoms with Crippen molar-refractivity contribution in [1.82, 2.24) is 4.90 Å². The summed E-state index contributed by atoms with van der Waals surface area (Å²) in [4.78, 5) is 16.4. The molecule has 2 N–H and O–H groups in total. The fourth-order valence-electron chi connectivity index (χ4n) is 2.98. The maximum atomic E-state index is 12.3. The van der Waals surface area contributed by atoms with E-state index in [0.29, 0.717) is 6.54 Å². The molecule has 0 saturated carbocycles. The minimum atomic E-state index is 0.0583. The van der Waals surface area contributed by atoms with Gasteiger partial charge < -0.3 is 15.5 Å². The molecule has 1 unspecified atom stereocenters. The van der Waals surface area contributed by atoms with Gasteiger partial charge in [-0.25, -0.2) is 0 Å². The Hall–Kier alpha value is -1.55. The van der Waals surface area contributed by atoms with Crippen molar-refractivity contribution >= 4 is 11.6 Å². The van der Waals surface area contributed by atoms with Crippen LogP contribution in [0.4, 0.5) is 5.69 Å². The number of aryl methyl sites for hydroxylation is 1. The van der Waals surface area contributed by atoms with Gasteiger partial charge in [0.15, 0.2) is 0 Å². The topological polar surface area (TPSA) is 49.6 Å². The Balaban J connectivity index is 2.16. The minimum Gasteiger partial charge on any atom is -0.362 e. The lowest BCUT2D eigenvalue weighted by Crippen LogP contribution is -2.42. The normalized spacial score (nSPS) is 15.5. The van der Waals surface area contributed by atoms with Crippen LogP contribution in [0.3, 0.4) is 0 Å². The molecule has 1 aromatic carbocycles. The number of carbonyl (C=O) groups is 1. The van der Waals surface area contributed by atoms with Crippen LogP contribution >= 0.6 is 0 Å². The van der Waals surface area contributed by atoms with Crippen molar-refractivity contribution in [3.8, 4) is 0 Å². The number of hydrogen-bond acceptors (Lipinski definition) is 3. The molecule has 0 aliphatic carbocycles. The van der Waals surface area contributed by atoms with Gasteiger partial charge in [-0.2, -0.15) is 0 Å². The minimum absolute atomic E-state index is 0.0583. The number of fused-ring (bicyclic) bond motifs is 1. The summed E-state index contributed by atoms with van der Waals surface area (Å²) in [6.07, 6.45) is 2.17. The summed E-state index contributed by atoms with van der Waals surface area (Å²) in [6.45, 7) is 9.05. The molecule has 0 aromatic heterocycles. The third kappa shape index (κ3) is 3.56. The van der Waals surface area contributed by atoms with Crippen molar-refractivity contribution in [2.24, 2.45) is 5.73 Å². The molecule has 1 heterocycles. The fraction of sp³-hybridized carbons (Fsp3) is 0.588. The molecule has 1 aliphatic rings. The summed E-state index contributed by atoms with van der Waals surface area (Å²) in [5.74, 6) is 0.212. The average molecular weight is 289 g/mol. The number of nitrogens with zero attached hydrogens (tertiary/aromatic N) is 2. The first-order chi connectivity index (χ1) is 10.1. The highest BCUT2D eigenvalue weighted by atomic mass is 16.2. The van der Waals surface area contributed by atoms with Gasteiger partial charge in [0.05, 0.1) is 6.54 Å². The Kier molecular flexibility index (Phi) is 5.23. The molecule has 0 saturated heterocycles. The number of amides is 1. The predicted molar refractivity (Wildman–Crippen MR) is 87.5 cm³/mol. The maximum absolute atomic E-state index is 12.3. The summed E-state index contributed by atoms with van der Waals surface area (Å²) < 4.78 is 0. The Morgan fingerprint density at radius 3 is 2.71 bits per heavy atom. The Bertz CT molecular complexity index is 495. The number of anilines is 1. The van der Waals surface area contributed by atoms with Crippen LogP contribution in [0.2, 0.25) is 0 Å². The molecule has 4 heteroatoms. The zero-order valence-electron chi connectivity index (χ0n) is 13.4. The number of rotatable bonds is 5. The van der Waals surface area contributed by atoms with E-state index in [0.717, 1.165) is 32.5 Å².